The van der Waals surface area contributed by atoms with Gasteiger partial charge >= 0.3 is 6.03 Å². The van der Waals surface area contributed by atoms with Crippen LogP contribution >= 0.6 is 11.5 Å². The summed E-state index contributed by atoms with van der Waals surface area (Å²) in [7, 11) is 1.88. The summed E-state index contributed by atoms with van der Waals surface area (Å²) in [5, 5.41) is 21.6. The summed E-state index contributed by atoms with van der Waals surface area (Å²) in [6.45, 7) is 0.426. The second-order valence-electron chi connectivity index (χ2n) is 11.6. The molecule has 47 heavy (non-hydrogen) atoms. The summed E-state index contributed by atoms with van der Waals surface area (Å²) in [6.07, 6.45) is 12.1. The monoisotopic (exact) mass is 640 g/mol. The average molecular weight is 641 g/mol. The van der Waals surface area contributed by atoms with Crippen molar-refractivity contribution in [2.75, 3.05) is 10.2 Å². The van der Waals surface area contributed by atoms with Crippen LogP contribution in [-0.4, -0.2) is 47.2 Å². The highest BCUT2D eigenvalue weighted by Gasteiger charge is 2.31. The fraction of sp³-hybridized carbons (Fsp3) is 0.229. The number of carbonyl (C=O) groups excluding carboxylic acids is 1. The molecule has 4 heterocycles. The molecule has 2 N–H and O–H groups in total. The molecule has 11 nitrogen and oxygen atoms in total. The van der Waals surface area contributed by atoms with Crippen LogP contribution < -0.4 is 15.5 Å². The van der Waals surface area contributed by atoms with Crippen LogP contribution in [0.3, 0.4) is 0 Å². The Morgan fingerprint density at radius 2 is 1.81 bits per heavy atom. The first kappa shape index (κ1) is 30.0. The first-order valence-corrected chi connectivity index (χ1v) is 16.3. The standard InChI is InChI=1S/C35H32N10OS/c1-44-22-28(20-40-44)25-8-14-32(37-18-25)45(35(46)39-17-23-5-3-2-4-6-23)30-11-9-29(10-12-30)42-34-38-19-27(16-36)33(43-34)24-7-13-31-26(15-24)21-41-47-31/h2-8,13-15,18-22,29-30H,9-12,17H2,1H3,(H,39,46)(H,38,42,43)/t29-,30-. The van der Waals surface area contributed by atoms with Gasteiger partial charge in [-0.1, -0.05) is 36.4 Å². The number of fused-ring (bicyclic) bond motifs is 1. The summed E-state index contributed by atoms with van der Waals surface area (Å²) >= 11 is 1.44. The first-order valence-electron chi connectivity index (χ1n) is 15.5. The van der Waals surface area contributed by atoms with Gasteiger partial charge in [0.05, 0.1) is 28.4 Å². The minimum atomic E-state index is -0.176. The van der Waals surface area contributed by atoms with E-state index in [1.54, 1.807) is 28.2 Å². The van der Waals surface area contributed by atoms with Crippen molar-refractivity contribution in [3.05, 3.63) is 103 Å². The number of nitrogens with one attached hydrogen (secondary N) is 2. The molecule has 7 rings (SSSR count). The number of carbonyl (C=O) groups is 1. The molecule has 0 unspecified atom stereocenters. The molecule has 1 aliphatic carbocycles. The number of aryl methyl sites for hydroxylation is 1. The highest BCUT2D eigenvalue weighted by molar-refractivity contribution is 7.13. The number of nitrogens with zero attached hydrogens (tertiary/aromatic N) is 8. The van der Waals surface area contributed by atoms with Crippen LogP contribution in [0.15, 0.2) is 91.6 Å². The number of benzene rings is 2. The van der Waals surface area contributed by atoms with Crippen LogP contribution in [0.25, 0.3) is 32.5 Å². The van der Waals surface area contributed by atoms with E-state index in [0.29, 0.717) is 29.6 Å². The molecule has 0 saturated heterocycles. The van der Waals surface area contributed by atoms with Crippen molar-refractivity contribution in [1.29, 1.82) is 5.26 Å². The predicted molar refractivity (Wildman–Crippen MR) is 183 cm³/mol. The van der Waals surface area contributed by atoms with Crippen molar-refractivity contribution in [2.45, 2.75) is 44.3 Å². The summed E-state index contributed by atoms with van der Waals surface area (Å²) in [5.41, 5.74) is 4.79. The average Bonchev–Trinajstić information content (AvgIpc) is 3.77. The number of anilines is 2. The third-order valence-corrected chi connectivity index (χ3v) is 9.25. The van der Waals surface area contributed by atoms with Crippen LogP contribution in [-0.2, 0) is 13.6 Å². The number of aromatic nitrogens is 6. The van der Waals surface area contributed by atoms with Gasteiger partial charge in [0.25, 0.3) is 0 Å². The first-order chi connectivity index (χ1) is 23.0. The Morgan fingerprint density at radius 3 is 2.55 bits per heavy atom. The maximum absolute atomic E-state index is 13.7. The van der Waals surface area contributed by atoms with Gasteiger partial charge in [-0.25, -0.2) is 19.7 Å². The van der Waals surface area contributed by atoms with Gasteiger partial charge in [-0.05, 0) is 67.0 Å². The smallest absolute Gasteiger partial charge is 0.323 e. The Balaban J connectivity index is 1.07. The van der Waals surface area contributed by atoms with Crippen molar-refractivity contribution in [3.63, 3.8) is 0 Å². The molecular weight excluding hydrogens is 609 g/mol. The molecule has 12 heteroatoms. The van der Waals surface area contributed by atoms with Gasteiger partial charge in [-0.3, -0.25) is 9.58 Å². The topological polar surface area (TPSA) is 138 Å². The summed E-state index contributed by atoms with van der Waals surface area (Å²) < 4.78 is 7.10. The third kappa shape index (κ3) is 6.66. The second kappa shape index (κ2) is 13.4. The molecule has 1 fully saturated rings. The van der Waals surface area contributed by atoms with Crippen molar-refractivity contribution < 1.29 is 4.79 Å². The number of rotatable bonds is 8. The third-order valence-electron chi connectivity index (χ3n) is 8.47. The highest BCUT2D eigenvalue weighted by atomic mass is 32.1. The molecule has 1 aliphatic rings. The Morgan fingerprint density at radius 1 is 0.979 bits per heavy atom. The lowest BCUT2D eigenvalue weighted by molar-refractivity contribution is 0.240. The molecule has 4 aromatic heterocycles. The molecule has 0 radical (unpaired) electrons. The second-order valence-corrected chi connectivity index (χ2v) is 12.5. The van der Waals surface area contributed by atoms with E-state index in [1.807, 2.05) is 80.1 Å². The lowest BCUT2D eigenvalue weighted by Crippen LogP contribution is -2.49. The quantitative estimate of drug-likeness (QED) is 0.191. The fourth-order valence-corrected chi connectivity index (χ4v) is 6.64. The van der Waals surface area contributed by atoms with E-state index in [0.717, 1.165) is 58.0 Å². The van der Waals surface area contributed by atoms with E-state index < -0.39 is 0 Å². The van der Waals surface area contributed by atoms with Crippen LogP contribution in [0.1, 0.15) is 36.8 Å². The molecule has 0 atom stereocenters. The lowest BCUT2D eigenvalue weighted by Gasteiger charge is -2.36. The van der Waals surface area contributed by atoms with Gasteiger partial charge in [-0.15, -0.1) is 0 Å². The van der Waals surface area contributed by atoms with Gasteiger partial charge in [0.15, 0.2) is 0 Å². The SMILES string of the molecule is Cn1cc(-c2ccc(N(C(=O)NCc3ccccc3)[C@H]3CC[C@H](Nc4ncc(C#N)c(-c5ccc6sncc6c5)n4)CC3)nc2)cn1. The van der Waals surface area contributed by atoms with E-state index in [9.17, 15) is 10.1 Å². The summed E-state index contributed by atoms with van der Waals surface area (Å²) in [6, 6.07) is 21.9. The molecule has 6 aromatic rings. The molecule has 0 spiro atoms. The zero-order valence-electron chi connectivity index (χ0n) is 25.7. The van der Waals surface area contributed by atoms with Gasteiger partial charge in [0.1, 0.15) is 11.9 Å². The zero-order valence-corrected chi connectivity index (χ0v) is 26.6. The number of hydrogen-bond donors (Lipinski definition) is 2. The molecule has 0 aliphatic heterocycles. The van der Waals surface area contributed by atoms with Gasteiger partial charge in [0.2, 0.25) is 5.95 Å². The molecule has 0 bridgehead atoms. The van der Waals surface area contributed by atoms with Crippen LogP contribution in [0.4, 0.5) is 16.6 Å². The Bertz CT molecular complexity index is 2040. The molecule has 2 aromatic carbocycles. The molecule has 2 amide bonds. The van der Waals surface area contributed by atoms with E-state index in [2.05, 4.69) is 31.2 Å². The molecular formula is C35H32N10OS. The Kier molecular flexibility index (Phi) is 8.53. The number of nitriles is 1. The van der Waals surface area contributed by atoms with Gasteiger partial charge in [-0.2, -0.15) is 14.7 Å². The lowest BCUT2D eigenvalue weighted by atomic mass is 9.90. The number of hydrogen-bond acceptors (Lipinski definition) is 9. The minimum Gasteiger partial charge on any atom is -0.351 e. The summed E-state index contributed by atoms with van der Waals surface area (Å²) in [5.74, 6) is 1.09. The Hall–Kier alpha value is -5.67. The maximum atomic E-state index is 13.7. The molecule has 1 saturated carbocycles. The largest absolute Gasteiger partial charge is 0.351 e. The maximum Gasteiger partial charge on any atom is 0.323 e. The van der Waals surface area contributed by atoms with Crippen LogP contribution in [0, 0.1) is 11.3 Å². The molecule has 234 valence electrons. The number of pyridine rings is 1. The number of urea groups is 1. The van der Waals surface area contributed by atoms with Crippen molar-refractivity contribution in [1.82, 2.24) is 34.4 Å². The van der Waals surface area contributed by atoms with Gasteiger partial charge < -0.3 is 10.6 Å². The summed E-state index contributed by atoms with van der Waals surface area (Å²) in [4.78, 5) is 29.5. The highest BCUT2D eigenvalue weighted by Crippen LogP contribution is 2.31. The zero-order chi connectivity index (χ0) is 32.2. The van der Waals surface area contributed by atoms with Crippen LogP contribution in [0.2, 0.25) is 0 Å². The predicted octanol–water partition coefficient (Wildman–Crippen LogP) is 6.56. The van der Waals surface area contributed by atoms with Crippen LogP contribution in [0.5, 0.6) is 0 Å². The van der Waals surface area contributed by atoms with E-state index in [-0.39, 0.29) is 18.1 Å². The van der Waals surface area contributed by atoms with E-state index in [1.165, 1.54) is 11.5 Å². The normalized spacial score (nSPS) is 16.0. The van der Waals surface area contributed by atoms with Crippen molar-refractivity contribution >= 4 is 39.4 Å². The van der Waals surface area contributed by atoms with Crippen molar-refractivity contribution in [2.24, 2.45) is 7.05 Å². The minimum absolute atomic E-state index is 0.0380. The van der Waals surface area contributed by atoms with E-state index in [4.69, 9.17) is 9.97 Å². The fourth-order valence-electron chi connectivity index (χ4n) is 6.02. The van der Waals surface area contributed by atoms with Crippen molar-refractivity contribution in [3.8, 4) is 28.5 Å². The van der Waals surface area contributed by atoms with E-state index >= 15 is 0 Å². The van der Waals surface area contributed by atoms with Gasteiger partial charge in [0, 0.05) is 66.3 Å². The Labute approximate surface area is 276 Å². The number of amides is 2.